The lowest BCUT2D eigenvalue weighted by molar-refractivity contribution is -0.122. The van der Waals surface area contributed by atoms with Gasteiger partial charge in [0.1, 0.15) is 0 Å². The number of hydrogen-bond donors (Lipinski definition) is 2. The largest absolute Gasteiger partial charge is 0.483 e. The number of carbonyl (C=O) groups excluding carboxylic acids is 1. The van der Waals surface area contributed by atoms with Crippen molar-refractivity contribution in [1.29, 1.82) is 0 Å². The van der Waals surface area contributed by atoms with Crippen LogP contribution in [-0.4, -0.2) is 66.9 Å². The number of likely N-dealkylation sites (N-methyl/N-ethyl adjacent to an activating group) is 1. The number of urea groups is 1. The monoisotopic (exact) mass is 358 g/mol. The molecule has 9 nitrogen and oxygen atoms in total. The van der Waals surface area contributed by atoms with Gasteiger partial charge in [-0.05, 0) is 30.3 Å². The maximum atomic E-state index is 12.1. The van der Waals surface area contributed by atoms with Gasteiger partial charge in [-0.25, -0.2) is 4.79 Å². The van der Waals surface area contributed by atoms with Crippen LogP contribution < -0.4 is 15.1 Å². The summed E-state index contributed by atoms with van der Waals surface area (Å²) in [6.45, 7) is 1.20. The van der Waals surface area contributed by atoms with Crippen molar-refractivity contribution in [3.63, 3.8) is 0 Å². The van der Waals surface area contributed by atoms with E-state index >= 15 is 0 Å². The Balaban J connectivity index is 0.000000758. The van der Waals surface area contributed by atoms with Crippen LogP contribution in [0.25, 0.3) is 0 Å². The lowest BCUT2D eigenvalue weighted by Gasteiger charge is -2.17. The Morgan fingerprint density at radius 3 is 2.46 bits per heavy atom. The molecule has 0 atom stereocenters. The van der Waals surface area contributed by atoms with E-state index < -0.39 is 0 Å². The van der Waals surface area contributed by atoms with Gasteiger partial charge < -0.3 is 20.2 Å². The van der Waals surface area contributed by atoms with Crippen LogP contribution in [0.5, 0.6) is 0 Å². The highest BCUT2D eigenvalue weighted by molar-refractivity contribution is 5.94. The summed E-state index contributed by atoms with van der Waals surface area (Å²) >= 11 is 0. The smallest absolute Gasteiger partial charge is 0.324 e. The summed E-state index contributed by atoms with van der Waals surface area (Å²) in [5, 5.41) is 18.4. The van der Waals surface area contributed by atoms with E-state index in [0.717, 1.165) is 23.7 Å². The molecule has 1 aromatic carbocycles. The highest BCUT2D eigenvalue weighted by Gasteiger charge is 2.26. The van der Waals surface area contributed by atoms with Crippen molar-refractivity contribution in [2.45, 2.75) is 0 Å². The average molecular weight is 358 g/mol. The van der Waals surface area contributed by atoms with E-state index in [1.54, 1.807) is 9.80 Å². The fraction of sp³-hybridized carbons (Fsp3) is 0.294. The van der Waals surface area contributed by atoms with Gasteiger partial charge >= 0.3 is 6.03 Å². The Labute approximate surface area is 151 Å². The zero-order chi connectivity index (χ0) is 19.1. The van der Waals surface area contributed by atoms with E-state index in [0.29, 0.717) is 12.4 Å². The molecular formula is C17H22N6O3. The van der Waals surface area contributed by atoms with Gasteiger partial charge in [0.25, 0.3) is 6.47 Å². The third-order valence-corrected chi connectivity index (χ3v) is 3.76. The summed E-state index contributed by atoms with van der Waals surface area (Å²) in [7, 11) is 5.65. The van der Waals surface area contributed by atoms with Crippen LogP contribution in [0, 0.1) is 0 Å². The molecule has 0 unspecified atom stereocenters. The first-order chi connectivity index (χ1) is 12.5. The standard InChI is InChI=1S/C16H20N6O.CH2O2/c1-20(2)15-8-7-14(18-19-15)17-12-5-4-6-13(11-12)22-10-9-21(3)16(22)23;2-1-3/h4-8,11H,9-10H2,1-3H3,(H,17,18);1H,(H,2,3). The minimum atomic E-state index is -0.250. The molecule has 2 aromatic rings. The highest BCUT2D eigenvalue weighted by Crippen LogP contribution is 2.24. The Morgan fingerprint density at radius 2 is 1.92 bits per heavy atom. The number of rotatable bonds is 4. The summed E-state index contributed by atoms with van der Waals surface area (Å²) in [4.78, 5) is 25.8. The molecule has 1 aliphatic rings. The molecule has 0 aliphatic carbocycles. The predicted molar refractivity (Wildman–Crippen MR) is 100 cm³/mol. The molecule has 1 aliphatic heterocycles. The van der Waals surface area contributed by atoms with E-state index in [1.165, 1.54) is 0 Å². The van der Waals surface area contributed by atoms with Crippen LogP contribution in [0.4, 0.5) is 27.8 Å². The van der Waals surface area contributed by atoms with Gasteiger partial charge in [-0.3, -0.25) is 9.69 Å². The number of nitrogens with zero attached hydrogens (tertiary/aromatic N) is 5. The second kappa shape index (κ2) is 8.65. The number of amides is 2. The van der Waals surface area contributed by atoms with Crippen molar-refractivity contribution < 1.29 is 14.7 Å². The van der Waals surface area contributed by atoms with Crippen molar-refractivity contribution in [3.8, 4) is 0 Å². The SMILES string of the molecule is CN1CCN(c2cccc(Nc3ccc(N(C)C)nn3)c2)C1=O.O=CO. The Kier molecular flexibility index (Phi) is 6.31. The highest BCUT2D eigenvalue weighted by atomic mass is 16.3. The van der Waals surface area contributed by atoms with E-state index in [-0.39, 0.29) is 12.5 Å². The normalized spacial score (nSPS) is 13.1. The molecule has 0 radical (unpaired) electrons. The van der Waals surface area contributed by atoms with Crippen molar-refractivity contribution in [2.75, 3.05) is 49.3 Å². The quantitative estimate of drug-likeness (QED) is 0.804. The summed E-state index contributed by atoms with van der Waals surface area (Å²) < 4.78 is 0. The van der Waals surface area contributed by atoms with Crippen LogP contribution in [0.2, 0.25) is 0 Å². The second-order valence-electron chi connectivity index (χ2n) is 5.81. The van der Waals surface area contributed by atoms with Crippen LogP contribution in [0.1, 0.15) is 0 Å². The summed E-state index contributed by atoms with van der Waals surface area (Å²) in [6.07, 6.45) is 0. The van der Waals surface area contributed by atoms with Gasteiger partial charge in [0.2, 0.25) is 0 Å². The first-order valence-corrected chi connectivity index (χ1v) is 7.95. The van der Waals surface area contributed by atoms with Crippen molar-refractivity contribution in [1.82, 2.24) is 15.1 Å². The fourth-order valence-electron chi connectivity index (χ4n) is 2.42. The first-order valence-electron chi connectivity index (χ1n) is 7.95. The van der Waals surface area contributed by atoms with Crippen molar-refractivity contribution >= 4 is 35.5 Å². The molecule has 26 heavy (non-hydrogen) atoms. The number of carbonyl (C=O) groups is 2. The summed E-state index contributed by atoms with van der Waals surface area (Å²) in [6, 6.07) is 11.5. The lowest BCUT2D eigenvalue weighted by Crippen LogP contribution is -2.29. The molecular weight excluding hydrogens is 336 g/mol. The molecule has 3 rings (SSSR count). The van der Waals surface area contributed by atoms with E-state index in [4.69, 9.17) is 9.90 Å². The number of aromatic nitrogens is 2. The van der Waals surface area contributed by atoms with Gasteiger partial charge in [0.15, 0.2) is 11.6 Å². The lowest BCUT2D eigenvalue weighted by atomic mass is 10.2. The topological polar surface area (TPSA) is 102 Å². The van der Waals surface area contributed by atoms with Crippen molar-refractivity contribution in [2.24, 2.45) is 0 Å². The molecule has 2 N–H and O–H groups in total. The molecule has 1 fully saturated rings. The third kappa shape index (κ3) is 4.59. The molecule has 0 spiro atoms. The number of carboxylic acid groups (broad SMARTS) is 1. The van der Waals surface area contributed by atoms with Gasteiger partial charge in [-0.1, -0.05) is 6.07 Å². The Bertz CT molecular complexity index is 750. The minimum Gasteiger partial charge on any atom is -0.483 e. The maximum absolute atomic E-state index is 12.1. The van der Waals surface area contributed by atoms with Gasteiger partial charge in [0, 0.05) is 45.6 Å². The van der Waals surface area contributed by atoms with E-state index in [2.05, 4.69) is 15.5 Å². The number of nitrogens with one attached hydrogen (secondary N) is 1. The Morgan fingerprint density at radius 1 is 1.19 bits per heavy atom. The van der Waals surface area contributed by atoms with E-state index in [1.807, 2.05) is 62.4 Å². The predicted octanol–water partition coefficient (Wildman–Crippen LogP) is 1.86. The number of benzene rings is 1. The molecule has 0 saturated carbocycles. The van der Waals surface area contributed by atoms with Gasteiger partial charge in [-0.15, -0.1) is 10.2 Å². The van der Waals surface area contributed by atoms with Crippen molar-refractivity contribution in [3.05, 3.63) is 36.4 Å². The Hall–Kier alpha value is -3.36. The molecule has 2 amide bonds. The summed E-state index contributed by atoms with van der Waals surface area (Å²) in [5.74, 6) is 1.47. The van der Waals surface area contributed by atoms with Crippen LogP contribution in [0.3, 0.4) is 0 Å². The minimum absolute atomic E-state index is 0.0253. The maximum Gasteiger partial charge on any atom is 0.324 e. The fourth-order valence-corrected chi connectivity index (χ4v) is 2.42. The zero-order valence-corrected chi connectivity index (χ0v) is 15.0. The average Bonchev–Trinajstić information content (AvgIpc) is 2.95. The first kappa shape index (κ1) is 19.0. The van der Waals surface area contributed by atoms with Crippen LogP contribution in [0.15, 0.2) is 36.4 Å². The van der Waals surface area contributed by atoms with Gasteiger partial charge in [0.05, 0.1) is 0 Å². The van der Waals surface area contributed by atoms with Gasteiger partial charge in [-0.2, -0.15) is 0 Å². The van der Waals surface area contributed by atoms with E-state index in [9.17, 15) is 4.79 Å². The molecule has 1 saturated heterocycles. The van der Waals surface area contributed by atoms with Crippen LogP contribution >= 0.6 is 0 Å². The molecule has 9 heteroatoms. The summed E-state index contributed by atoms with van der Waals surface area (Å²) in [5.41, 5.74) is 1.75. The molecule has 2 heterocycles. The number of hydrogen-bond acceptors (Lipinski definition) is 6. The number of anilines is 4. The molecule has 0 bridgehead atoms. The molecule has 1 aromatic heterocycles. The zero-order valence-electron chi connectivity index (χ0n) is 15.0. The van der Waals surface area contributed by atoms with Crippen LogP contribution in [-0.2, 0) is 4.79 Å². The molecule has 138 valence electrons. The third-order valence-electron chi connectivity index (χ3n) is 3.76. The second-order valence-corrected chi connectivity index (χ2v) is 5.81.